The molecule has 0 aliphatic rings. The fraction of sp³-hybridized carbons (Fsp3) is 0.278. The van der Waals surface area contributed by atoms with Gasteiger partial charge in [-0.15, -0.1) is 6.58 Å². The van der Waals surface area contributed by atoms with Gasteiger partial charge in [0, 0.05) is 13.0 Å². The minimum absolute atomic E-state index is 0.0466. The van der Waals surface area contributed by atoms with Gasteiger partial charge in [0.25, 0.3) is 5.91 Å². The lowest BCUT2D eigenvalue weighted by Crippen LogP contribution is -2.24. The lowest BCUT2D eigenvalue weighted by atomic mass is 10.1. The van der Waals surface area contributed by atoms with Crippen LogP contribution in [-0.2, 0) is 9.59 Å². The molecule has 0 saturated heterocycles. The van der Waals surface area contributed by atoms with Crippen LogP contribution in [0.3, 0.4) is 0 Å². The van der Waals surface area contributed by atoms with Gasteiger partial charge in [-0.2, -0.15) is 5.26 Å². The van der Waals surface area contributed by atoms with Crippen LogP contribution in [-0.4, -0.2) is 25.5 Å². The van der Waals surface area contributed by atoms with Crippen LogP contribution < -0.4 is 14.8 Å². The molecular formula is C18H20N2O4. The Labute approximate surface area is 141 Å². The number of esters is 1. The summed E-state index contributed by atoms with van der Waals surface area (Å²) < 4.78 is 10.4. The summed E-state index contributed by atoms with van der Waals surface area (Å²) in [6.07, 6.45) is 3.95. The highest BCUT2D eigenvalue weighted by Crippen LogP contribution is 2.29. The molecule has 0 aromatic heterocycles. The molecule has 0 heterocycles. The first-order valence-electron chi connectivity index (χ1n) is 7.45. The van der Waals surface area contributed by atoms with Gasteiger partial charge in [0.05, 0.1) is 7.11 Å². The fourth-order valence-electron chi connectivity index (χ4n) is 1.81. The zero-order chi connectivity index (χ0) is 17.9. The number of carbonyl (C=O) groups is 2. The zero-order valence-corrected chi connectivity index (χ0v) is 13.8. The summed E-state index contributed by atoms with van der Waals surface area (Å²) >= 11 is 0. The molecule has 0 radical (unpaired) electrons. The lowest BCUT2D eigenvalue weighted by molar-refractivity contribution is -0.134. The summed E-state index contributed by atoms with van der Waals surface area (Å²) in [5.74, 6) is -0.199. The molecule has 0 aliphatic carbocycles. The Kier molecular flexibility index (Phi) is 7.79. The molecule has 24 heavy (non-hydrogen) atoms. The van der Waals surface area contributed by atoms with E-state index >= 15 is 0 Å². The van der Waals surface area contributed by atoms with Crippen molar-refractivity contribution in [3.8, 4) is 17.6 Å². The predicted molar refractivity (Wildman–Crippen MR) is 90.3 cm³/mol. The van der Waals surface area contributed by atoms with Gasteiger partial charge in [0.15, 0.2) is 11.5 Å². The van der Waals surface area contributed by atoms with Crippen molar-refractivity contribution >= 4 is 18.0 Å². The van der Waals surface area contributed by atoms with Crippen LogP contribution in [0.5, 0.6) is 11.5 Å². The van der Waals surface area contributed by atoms with Gasteiger partial charge in [-0.3, -0.25) is 9.59 Å². The van der Waals surface area contributed by atoms with Gasteiger partial charge in [0.2, 0.25) is 0 Å². The normalized spacial score (nSPS) is 10.5. The van der Waals surface area contributed by atoms with Crippen molar-refractivity contribution in [2.45, 2.75) is 19.8 Å². The van der Waals surface area contributed by atoms with E-state index in [1.54, 1.807) is 18.2 Å². The molecule has 1 N–H and O–H groups in total. The second-order valence-corrected chi connectivity index (χ2v) is 4.80. The maximum absolute atomic E-state index is 11.8. The number of benzene rings is 1. The van der Waals surface area contributed by atoms with Crippen LogP contribution >= 0.6 is 0 Å². The highest BCUT2D eigenvalue weighted by Gasteiger charge is 2.12. The highest BCUT2D eigenvalue weighted by molar-refractivity contribution is 6.01. The quantitative estimate of drug-likeness (QED) is 0.260. The monoisotopic (exact) mass is 328 g/mol. The van der Waals surface area contributed by atoms with Crippen LogP contribution in [0.25, 0.3) is 6.08 Å². The first-order chi connectivity index (χ1) is 11.5. The summed E-state index contributed by atoms with van der Waals surface area (Å²) in [6.45, 7) is 5.65. The summed E-state index contributed by atoms with van der Waals surface area (Å²) in [5.41, 5.74) is 0.530. The molecule has 0 unspecified atom stereocenters. The molecule has 0 saturated carbocycles. The number of rotatable bonds is 8. The Morgan fingerprint density at radius 1 is 1.38 bits per heavy atom. The van der Waals surface area contributed by atoms with Crippen LogP contribution in [0.2, 0.25) is 0 Å². The first-order valence-corrected chi connectivity index (χ1v) is 7.45. The first kappa shape index (κ1) is 19.0. The van der Waals surface area contributed by atoms with E-state index in [1.165, 1.54) is 19.3 Å². The van der Waals surface area contributed by atoms with E-state index in [4.69, 9.17) is 14.7 Å². The van der Waals surface area contributed by atoms with Crippen LogP contribution in [0.1, 0.15) is 25.3 Å². The Balaban J connectivity index is 3.02. The average molecular weight is 328 g/mol. The Bertz CT molecular complexity index is 687. The molecule has 126 valence electrons. The molecule has 0 aliphatic heterocycles. The van der Waals surface area contributed by atoms with Crippen molar-refractivity contribution in [1.82, 2.24) is 5.32 Å². The third-order valence-corrected chi connectivity index (χ3v) is 2.95. The third kappa shape index (κ3) is 5.61. The Morgan fingerprint density at radius 2 is 2.12 bits per heavy atom. The van der Waals surface area contributed by atoms with Gasteiger partial charge in [-0.1, -0.05) is 19.1 Å². The number of ether oxygens (including phenoxy) is 2. The SMILES string of the molecule is C=CCNC(=O)/C(C#N)=C/c1ccc(OC(=O)CCC)c(OC)c1. The van der Waals surface area contributed by atoms with Gasteiger partial charge in [0.1, 0.15) is 11.6 Å². The van der Waals surface area contributed by atoms with Crippen LogP contribution in [0.4, 0.5) is 0 Å². The van der Waals surface area contributed by atoms with E-state index < -0.39 is 5.91 Å². The van der Waals surface area contributed by atoms with Gasteiger partial charge in [-0.25, -0.2) is 0 Å². The topological polar surface area (TPSA) is 88.4 Å². The van der Waals surface area contributed by atoms with E-state index in [-0.39, 0.29) is 18.1 Å². The number of hydrogen-bond donors (Lipinski definition) is 1. The molecule has 6 nitrogen and oxygen atoms in total. The van der Waals surface area contributed by atoms with E-state index in [0.29, 0.717) is 29.9 Å². The molecule has 1 rings (SSSR count). The Morgan fingerprint density at radius 3 is 2.71 bits per heavy atom. The van der Waals surface area contributed by atoms with Crippen molar-refractivity contribution in [2.75, 3.05) is 13.7 Å². The number of carbonyl (C=O) groups excluding carboxylic acids is 2. The van der Waals surface area contributed by atoms with E-state index in [1.807, 2.05) is 13.0 Å². The average Bonchev–Trinajstić information content (AvgIpc) is 2.58. The molecule has 1 aromatic carbocycles. The van der Waals surface area contributed by atoms with Gasteiger partial charge in [-0.05, 0) is 30.2 Å². The number of nitriles is 1. The molecule has 1 amide bonds. The maximum atomic E-state index is 11.8. The largest absolute Gasteiger partial charge is 0.493 e. The van der Waals surface area contributed by atoms with E-state index in [0.717, 1.165) is 0 Å². The fourth-order valence-corrected chi connectivity index (χ4v) is 1.81. The summed E-state index contributed by atoms with van der Waals surface area (Å²) in [6, 6.07) is 6.64. The minimum atomic E-state index is -0.491. The number of nitrogens with zero attached hydrogens (tertiary/aromatic N) is 1. The highest BCUT2D eigenvalue weighted by atomic mass is 16.6. The standard InChI is InChI=1S/C18H20N2O4/c1-4-6-17(21)24-15-8-7-13(11-16(15)23-3)10-14(12-19)18(22)20-9-5-2/h5,7-8,10-11H,2,4,6,9H2,1,3H3,(H,20,22)/b14-10+. The third-order valence-electron chi connectivity index (χ3n) is 2.95. The number of nitrogens with one attached hydrogen (secondary N) is 1. The van der Waals surface area contributed by atoms with Crippen LogP contribution in [0, 0.1) is 11.3 Å². The minimum Gasteiger partial charge on any atom is -0.493 e. The molecular weight excluding hydrogens is 308 g/mol. The molecule has 0 atom stereocenters. The Hall–Kier alpha value is -3.07. The predicted octanol–water partition coefficient (Wildman–Crippen LogP) is 2.61. The second kappa shape index (κ2) is 9.85. The maximum Gasteiger partial charge on any atom is 0.311 e. The molecule has 0 bridgehead atoms. The molecule has 0 spiro atoms. The lowest BCUT2D eigenvalue weighted by Gasteiger charge is -2.10. The van der Waals surface area contributed by atoms with Crippen molar-refractivity contribution in [3.63, 3.8) is 0 Å². The number of hydrogen-bond acceptors (Lipinski definition) is 5. The summed E-state index contributed by atoms with van der Waals surface area (Å²) in [7, 11) is 1.45. The van der Waals surface area contributed by atoms with Crippen LogP contribution in [0.15, 0.2) is 36.4 Å². The summed E-state index contributed by atoms with van der Waals surface area (Å²) in [5, 5.41) is 11.6. The number of methoxy groups -OCH3 is 1. The van der Waals surface area contributed by atoms with Crippen molar-refractivity contribution in [1.29, 1.82) is 5.26 Å². The van der Waals surface area contributed by atoms with Crippen molar-refractivity contribution < 1.29 is 19.1 Å². The van der Waals surface area contributed by atoms with E-state index in [9.17, 15) is 9.59 Å². The number of amides is 1. The molecule has 0 fully saturated rings. The van der Waals surface area contributed by atoms with Gasteiger partial charge < -0.3 is 14.8 Å². The van der Waals surface area contributed by atoms with Crippen molar-refractivity contribution in [2.24, 2.45) is 0 Å². The molecule has 1 aromatic rings. The summed E-state index contributed by atoms with van der Waals surface area (Å²) in [4.78, 5) is 23.4. The zero-order valence-electron chi connectivity index (χ0n) is 13.8. The van der Waals surface area contributed by atoms with E-state index in [2.05, 4.69) is 11.9 Å². The van der Waals surface area contributed by atoms with Crippen molar-refractivity contribution in [3.05, 3.63) is 42.0 Å². The second-order valence-electron chi connectivity index (χ2n) is 4.80. The van der Waals surface area contributed by atoms with Gasteiger partial charge >= 0.3 is 5.97 Å². The smallest absolute Gasteiger partial charge is 0.311 e. The molecule has 6 heteroatoms.